The second-order valence-corrected chi connectivity index (χ2v) is 26.8. The third kappa shape index (κ3) is 7.26. The van der Waals surface area contributed by atoms with E-state index in [0.717, 1.165) is 47.1 Å². The van der Waals surface area contributed by atoms with Crippen LogP contribution in [0.4, 0.5) is 17.1 Å². The number of anilines is 3. The minimum absolute atomic E-state index is 0.0237. The molecule has 1 aromatic heterocycles. The number of rotatable bonds is 5. The Bertz CT molecular complexity index is 3630. The molecule has 5 heteroatoms. The van der Waals surface area contributed by atoms with Crippen LogP contribution in [0.15, 0.2) is 140 Å². The van der Waals surface area contributed by atoms with Gasteiger partial charge in [0, 0.05) is 33.8 Å². The monoisotopic (exact) mass is 967 g/mol. The van der Waals surface area contributed by atoms with E-state index < -0.39 is 0 Å². The van der Waals surface area contributed by atoms with Crippen molar-refractivity contribution < 1.29 is 0 Å². The van der Waals surface area contributed by atoms with Crippen molar-refractivity contribution in [2.75, 3.05) is 4.90 Å². The van der Waals surface area contributed by atoms with E-state index in [-0.39, 0.29) is 39.2 Å². The molecular weight excluding hydrogens is 896 g/mol. The summed E-state index contributed by atoms with van der Waals surface area (Å²) in [5.74, 6) is 2.00. The van der Waals surface area contributed by atoms with Crippen LogP contribution < -0.4 is 21.3 Å². The molecule has 0 radical (unpaired) electrons. The second-order valence-electron chi connectivity index (χ2n) is 26.8. The predicted octanol–water partition coefficient (Wildman–Crippen LogP) is 15.9. The van der Waals surface area contributed by atoms with Crippen LogP contribution >= 0.6 is 0 Å². The van der Waals surface area contributed by atoms with Gasteiger partial charge < -0.3 is 4.90 Å². The van der Waals surface area contributed by atoms with Crippen molar-refractivity contribution in [3.05, 3.63) is 173 Å². The Hall–Kier alpha value is -6.59. The third-order valence-electron chi connectivity index (χ3n) is 19.1. The molecule has 74 heavy (non-hydrogen) atoms. The van der Waals surface area contributed by atoms with Gasteiger partial charge in [-0.05, 0) is 174 Å². The first-order valence-corrected chi connectivity index (χ1v) is 27.6. The van der Waals surface area contributed by atoms with Gasteiger partial charge in [-0.2, -0.15) is 0 Å². The van der Waals surface area contributed by atoms with Gasteiger partial charge in [0.15, 0.2) is 17.5 Å². The van der Waals surface area contributed by atoms with E-state index in [1.807, 2.05) is 0 Å². The molecule has 7 aromatic carbocycles. The Kier molecular flexibility index (Phi) is 10.2. The summed E-state index contributed by atoms with van der Waals surface area (Å²) in [4.78, 5) is 19.0. The standard InChI is InChI=1S/C69H71BN4/c1-64(2)28-29-65(3,4)51-37-47(26-27-50(51)64)74-58-41-55-54(68(9,10)32-33-69(55,11)12)40-57(58)70-56-39-53-52(66(5,6)30-31-67(53,7)8)38-48(56)49-35-46(36-59(74)60(49)70)63-72-61(43-22-17-14-18-23-43)71-62(73-63)45-25-19-24-44(34-45)42-20-15-13-16-21-42/h13-27,34-41H,28-33H2,1-12H3. The quantitative estimate of drug-likeness (QED) is 0.161. The fourth-order valence-corrected chi connectivity index (χ4v) is 14.0. The van der Waals surface area contributed by atoms with E-state index in [1.165, 1.54) is 97.2 Å². The highest BCUT2D eigenvalue weighted by atomic mass is 15.2. The number of hydrogen-bond acceptors (Lipinski definition) is 4. The van der Waals surface area contributed by atoms with Crippen LogP contribution in [0.25, 0.3) is 56.4 Å². The summed E-state index contributed by atoms with van der Waals surface area (Å²) in [6.45, 7) is 29.7. The average Bonchev–Trinajstić information content (AvgIpc) is 3.75. The first-order valence-electron chi connectivity index (χ1n) is 27.6. The molecule has 4 nitrogen and oxygen atoms in total. The van der Waals surface area contributed by atoms with Gasteiger partial charge in [0.1, 0.15) is 0 Å². The van der Waals surface area contributed by atoms with Crippen LogP contribution in [0.3, 0.4) is 0 Å². The van der Waals surface area contributed by atoms with Crippen LogP contribution in [-0.2, 0) is 32.5 Å². The van der Waals surface area contributed by atoms with E-state index in [0.29, 0.717) is 17.5 Å². The third-order valence-corrected chi connectivity index (χ3v) is 19.1. The van der Waals surface area contributed by atoms with E-state index >= 15 is 0 Å². The summed E-state index contributed by atoms with van der Waals surface area (Å²) in [7, 11) is 0. The summed E-state index contributed by atoms with van der Waals surface area (Å²) in [6, 6.07) is 52.7. The molecule has 3 heterocycles. The fourth-order valence-electron chi connectivity index (χ4n) is 14.0. The molecule has 0 bridgehead atoms. The van der Waals surface area contributed by atoms with E-state index in [9.17, 15) is 0 Å². The first kappa shape index (κ1) is 47.2. The van der Waals surface area contributed by atoms with Crippen molar-refractivity contribution in [1.82, 2.24) is 15.0 Å². The van der Waals surface area contributed by atoms with Gasteiger partial charge in [0.25, 0.3) is 0 Å². The molecular formula is C69H71BN4. The minimum atomic E-state index is 0.0237. The highest BCUT2D eigenvalue weighted by molar-refractivity contribution is 7.01. The molecule has 2 aliphatic heterocycles. The van der Waals surface area contributed by atoms with Gasteiger partial charge in [-0.3, -0.25) is 0 Å². The van der Waals surface area contributed by atoms with Crippen molar-refractivity contribution in [2.24, 2.45) is 0 Å². The van der Waals surface area contributed by atoms with Crippen LogP contribution in [0.2, 0.25) is 0 Å². The maximum absolute atomic E-state index is 5.53. The van der Waals surface area contributed by atoms with Gasteiger partial charge in [-0.25, -0.2) is 15.0 Å². The van der Waals surface area contributed by atoms with Crippen molar-refractivity contribution in [2.45, 2.75) is 154 Å². The lowest BCUT2D eigenvalue weighted by Crippen LogP contribution is -2.56. The Morgan fingerprint density at radius 2 is 0.797 bits per heavy atom. The fraction of sp³-hybridized carbons (Fsp3) is 0.348. The molecule has 8 aromatic rings. The normalized spacial score (nSPS) is 19.4. The van der Waals surface area contributed by atoms with Gasteiger partial charge in [0.2, 0.25) is 6.71 Å². The van der Waals surface area contributed by atoms with Gasteiger partial charge in [0.05, 0.1) is 0 Å². The lowest BCUT2D eigenvalue weighted by molar-refractivity contribution is 0.332. The zero-order valence-electron chi connectivity index (χ0n) is 45.9. The van der Waals surface area contributed by atoms with Gasteiger partial charge in [-0.15, -0.1) is 0 Å². The number of hydrogen-bond donors (Lipinski definition) is 0. The highest BCUT2D eigenvalue weighted by Gasteiger charge is 2.49. The molecule has 0 fully saturated rings. The lowest BCUT2D eigenvalue weighted by atomic mass is 9.36. The molecule has 0 saturated heterocycles. The van der Waals surface area contributed by atoms with Crippen LogP contribution in [0.5, 0.6) is 0 Å². The lowest BCUT2D eigenvalue weighted by Gasteiger charge is -2.46. The molecule has 13 rings (SSSR count). The largest absolute Gasteiger partial charge is 0.311 e. The van der Waals surface area contributed by atoms with Crippen molar-refractivity contribution >= 4 is 40.2 Å². The zero-order chi connectivity index (χ0) is 51.5. The highest BCUT2D eigenvalue weighted by Crippen LogP contribution is 2.54. The molecule has 5 aliphatic rings. The maximum atomic E-state index is 5.53. The molecule has 0 N–H and O–H groups in total. The SMILES string of the molecule is CC1(C)CCC(C)(C)c2cc(N3c4cc5c(cc4B4c6cc7c(cc6-c6cc(-c8nc(-c9ccccc9)nc(-c9cccc(-c%10ccccc%10)c9)n8)cc3c64)C(C)(C)CCC7(C)C)C(C)(C)CCC5(C)C)ccc21. The molecule has 0 atom stereocenters. The Morgan fingerprint density at radius 1 is 0.338 bits per heavy atom. The van der Waals surface area contributed by atoms with Crippen LogP contribution in [-0.4, -0.2) is 21.7 Å². The zero-order valence-corrected chi connectivity index (χ0v) is 45.9. The summed E-state index contributed by atoms with van der Waals surface area (Å²) in [6.07, 6.45) is 6.99. The van der Waals surface area contributed by atoms with Crippen LogP contribution in [0, 0.1) is 0 Å². The van der Waals surface area contributed by atoms with Crippen molar-refractivity contribution in [1.29, 1.82) is 0 Å². The first-order chi connectivity index (χ1) is 35.1. The number of aromatic nitrogens is 3. The molecule has 0 amide bonds. The second kappa shape index (κ2) is 16.0. The topological polar surface area (TPSA) is 41.9 Å². The number of nitrogens with zero attached hydrogens (tertiary/aromatic N) is 4. The van der Waals surface area contributed by atoms with E-state index in [1.54, 1.807) is 0 Å². The van der Waals surface area contributed by atoms with Gasteiger partial charge >= 0.3 is 0 Å². The average molecular weight is 967 g/mol. The Labute approximate surface area is 441 Å². The maximum Gasteiger partial charge on any atom is 0.248 e. The molecule has 3 aliphatic carbocycles. The Balaban J connectivity index is 1.13. The summed E-state index contributed by atoms with van der Waals surface area (Å²) in [5.41, 5.74) is 25.1. The predicted molar refractivity (Wildman–Crippen MR) is 312 cm³/mol. The minimum Gasteiger partial charge on any atom is -0.311 e. The molecule has 370 valence electrons. The summed E-state index contributed by atoms with van der Waals surface area (Å²) < 4.78 is 0. The smallest absolute Gasteiger partial charge is 0.248 e. The number of fused-ring (bicyclic) bond motifs is 8. The van der Waals surface area contributed by atoms with Crippen molar-refractivity contribution in [3.63, 3.8) is 0 Å². The summed E-state index contributed by atoms with van der Waals surface area (Å²) >= 11 is 0. The van der Waals surface area contributed by atoms with E-state index in [4.69, 9.17) is 15.0 Å². The van der Waals surface area contributed by atoms with E-state index in [2.05, 4.69) is 228 Å². The molecule has 0 spiro atoms. The number of benzene rings is 7. The Morgan fingerprint density at radius 3 is 1.39 bits per heavy atom. The van der Waals surface area contributed by atoms with Crippen LogP contribution in [0.1, 0.15) is 155 Å². The molecule has 0 unspecified atom stereocenters. The molecule has 0 saturated carbocycles. The van der Waals surface area contributed by atoms with Gasteiger partial charge in [-0.1, -0.05) is 192 Å². The summed E-state index contributed by atoms with van der Waals surface area (Å²) in [5, 5.41) is 0. The van der Waals surface area contributed by atoms with Crippen molar-refractivity contribution in [3.8, 4) is 56.4 Å².